The van der Waals surface area contributed by atoms with E-state index in [2.05, 4.69) is 11.8 Å². The molecule has 15 heavy (non-hydrogen) atoms. The molecule has 5 heteroatoms. The first-order valence-corrected chi connectivity index (χ1v) is 5.52. The Hall–Kier alpha value is -0.650. The lowest BCUT2D eigenvalue weighted by Crippen LogP contribution is -2.45. The Morgan fingerprint density at radius 2 is 2.40 bits per heavy atom. The molecule has 0 bridgehead atoms. The lowest BCUT2D eigenvalue weighted by atomic mass is 10.1. The van der Waals surface area contributed by atoms with Crippen LogP contribution in [0.4, 0.5) is 0 Å². The average Bonchev–Trinajstić information content (AvgIpc) is 2.26. The van der Waals surface area contributed by atoms with E-state index in [9.17, 15) is 4.79 Å². The summed E-state index contributed by atoms with van der Waals surface area (Å²) < 4.78 is 5.55. The lowest BCUT2D eigenvalue weighted by Gasteiger charge is -2.32. The van der Waals surface area contributed by atoms with Gasteiger partial charge in [0.2, 0.25) is 5.91 Å². The molecule has 1 heterocycles. The highest BCUT2D eigenvalue weighted by molar-refractivity contribution is 5.79. The van der Waals surface area contributed by atoms with Gasteiger partial charge < -0.3 is 16.2 Å². The summed E-state index contributed by atoms with van der Waals surface area (Å²) in [5, 5.41) is 0. The molecule has 0 radical (unpaired) electrons. The predicted molar refractivity (Wildman–Crippen MR) is 58.3 cm³/mol. The van der Waals surface area contributed by atoms with Gasteiger partial charge in [0.25, 0.3) is 0 Å². The number of amides is 1. The lowest BCUT2D eigenvalue weighted by molar-refractivity contribution is -0.119. The number of carbonyl (C=O) groups is 1. The van der Waals surface area contributed by atoms with E-state index in [-0.39, 0.29) is 0 Å². The predicted octanol–water partition coefficient (Wildman–Crippen LogP) is -0.700. The Morgan fingerprint density at radius 3 is 3.00 bits per heavy atom. The molecule has 2 atom stereocenters. The van der Waals surface area contributed by atoms with Crippen LogP contribution < -0.4 is 11.5 Å². The number of carbonyl (C=O) groups excluding carboxylic acids is 1. The molecule has 1 saturated heterocycles. The molecule has 1 amide bonds. The maximum atomic E-state index is 10.7. The summed E-state index contributed by atoms with van der Waals surface area (Å²) >= 11 is 0. The van der Waals surface area contributed by atoms with E-state index >= 15 is 0 Å². The van der Waals surface area contributed by atoms with E-state index in [1.165, 1.54) is 0 Å². The first kappa shape index (κ1) is 12.4. The molecule has 2 unspecified atom stereocenters. The van der Waals surface area contributed by atoms with Crippen LogP contribution in [0.15, 0.2) is 0 Å². The van der Waals surface area contributed by atoms with Crippen LogP contribution in [0.5, 0.6) is 0 Å². The van der Waals surface area contributed by atoms with Crippen LogP contribution in [0.25, 0.3) is 0 Å². The molecule has 0 saturated carbocycles. The van der Waals surface area contributed by atoms with Gasteiger partial charge >= 0.3 is 0 Å². The summed E-state index contributed by atoms with van der Waals surface area (Å²) in [7, 11) is 0. The fourth-order valence-corrected chi connectivity index (χ4v) is 1.69. The van der Waals surface area contributed by atoms with Crippen LogP contribution in [0.3, 0.4) is 0 Å². The summed E-state index contributed by atoms with van der Waals surface area (Å²) in [5.41, 5.74) is 10.7. The zero-order chi connectivity index (χ0) is 11.3. The third-order valence-corrected chi connectivity index (χ3v) is 2.80. The van der Waals surface area contributed by atoms with Crippen LogP contribution >= 0.6 is 0 Å². The van der Waals surface area contributed by atoms with Crippen molar-refractivity contribution >= 4 is 5.91 Å². The minimum absolute atomic E-state index is 0.323. The number of hydrogen-bond acceptors (Lipinski definition) is 4. The number of ether oxygens (including phenoxy) is 1. The van der Waals surface area contributed by atoms with E-state index in [4.69, 9.17) is 16.2 Å². The summed E-state index contributed by atoms with van der Waals surface area (Å²) in [4.78, 5) is 13.0. The summed E-state index contributed by atoms with van der Waals surface area (Å²) in [5.74, 6) is -0.421. The van der Waals surface area contributed by atoms with Crippen molar-refractivity contribution in [3.05, 3.63) is 0 Å². The first-order chi connectivity index (χ1) is 7.13. The Balaban J connectivity index is 2.23. The highest BCUT2D eigenvalue weighted by Crippen LogP contribution is 2.08. The largest absolute Gasteiger partial charge is 0.376 e. The molecular weight excluding hydrogens is 194 g/mol. The van der Waals surface area contributed by atoms with Gasteiger partial charge in [0.05, 0.1) is 18.8 Å². The summed E-state index contributed by atoms with van der Waals surface area (Å²) in [6.45, 7) is 5.56. The summed E-state index contributed by atoms with van der Waals surface area (Å²) in [6, 6.07) is -0.520. The van der Waals surface area contributed by atoms with Crippen molar-refractivity contribution in [1.29, 1.82) is 0 Å². The quantitative estimate of drug-likeness (QED) is 0.635. The van der Waals surface area contributed by atoms with Crippen molar-refractivity contribution in [3.63, 3.8) is 0 Å². The van der Waals surface area contributed by atoms with Gasteiger partial charge in [-0.3, -0.25) is 9.69 Å². The van der Waals surface area contributed by atoms with Gasteiger partial charge in [0, 0.05) is 19.6 Å². The van der Waals surface area contributed by atoms with E-state index in [0.29, 0.717) is 12.5 Å². The Morgan fingerprint density at radius 1 is 1.67 bits per heavy atom. The molecule has 1 fully saturated rings. The fraction of sp³-hybridized carbons (Fsp3) is 0.900. The monoisotopic (exact) mass is 215 g/mol. The molecule has 1 aliphatic rings. The summed E-state index contributed by atoms with van der Waals surface area (Å²) in [6.07, 6.45) is 1.98. The second kappa shape index (κ2) is 6.05. The molecule has 4 N–H and O–H groups in total. The number of rotatable bonds is 5. The van der Waals surface area contributed by atoms with Crippen molar-refractivity contribution in [1.82, 2.24) is 4.90 Å². The minimum Gasteiger partial charge on any atom is -0.376 e. The second-order valence-electron chi connectivity index (χ2n) is 4.00. The van der Waals surface area contributed by atoms with Crippen molar-refractivity contribution < 1.29 is 9.53 Å². The van der Waals surface area contributed by atoms with Crippen LogP contribution in [-0.2, 0) is 9.53 Å². The number of nitrogens with zero attached hydrogens (tertiary/aromatic N) is 1. The van der Waals surface area contributed by atoms with E-state index in [1.807, 2.05) is 0 Å². The minimum atomic E-state index is -0.520. The zero-order valence-corrected chi connectivity index (χ0v) is 9.32. The average molecular weight is 215 g/mol. The third-order valence-electron chi connectivity index (χ3n) is 2.80. The second-order valence-corrected chi connectivity index (χ2v) is 4.00. The molecule has 5 nitrogen and oxygen atoms in total. The maximum absolute atomic E-state index is 10.7. The smallest absolute Gasteiger partial charge is 0.234 e. The Kier molecular flexibility index (Phi) is 5.01. The molecule has 0 aromatic rings. The Bertz CT molecular complexity index is 211. The van der Waals surface area contributed by atoms with Crippen LogP contribution in [-0.4, -0.2) is 49.2 Å². The van der Waals surface area contributed by atoms with E-state index < -0.39 is 11.9 Å². The zero-order valence-electron chi connectivity index (χ0n) is 9.32. The SMILES string of the molecule is CCC1CN(CCC(N)C(N)=O)CCO1. The number of nitrogens with two attached hydrogens (primary N) is 2. The van der Waals surface area contributed by atoms with E-state index in [1.54, 1.807) is 0 Å². The van der Waals surface area contributed by atoms with Crippen LogP contribution in [0.1, 0.15) is 19.8 Å². The van der Waals surface area contributed by atoms with Gasteiger partial charge in [0.1, 0.15) is 0 Å². The van der Waals surface area contributed by atoms with Crippen molar-refractivity contribution in [3.8, 4) is 0 Å². The van der Waals surface area contributed by atoms with Crippen molar-refractivity contribution in [2.24, 2.45) is 11.5 Å². The van der Waals surface area contributed by atoms with Gasteiger partial charge in [0.15, 0.2) is 0 Å². The molecule has 0 aromatic heterocycles. The maximum Gasteiger partial charge on any atom is 0.234 e. The molecule has 88 valence electrons. The van der Waals surface area contributed by atoms with Gasteiger partial charge in [-0.25, -0.2) is 0 Å². The highest BCUT2D eigenvalue weighted by Gasteiger charge is 2.19. The van der Waals surface area contributed by atoms with E-state index in [0.717, 1.165) is 32.7 Å². The fourth-order valence-electron chi connectivity index (χ4n) is 1.69. The van der Waals surface area contributed by atoms with Gasteiger partial charge in [-0.2, -0.15) is 0 Å². The third kappa shape index (κ3) is 4.15. The van der Waals surface area contributed by atoms with Gasteiger partial charge in [-0.1, -0.05) is 6.92 Å². The molecule has 0 aliphatic carbocycles. The van der Waals surface area contributed by atoms with Crippen LogP contribution in [0.2, 0.25) is 0 Å². The molecule has 1 rings (SSSR count). The first-order valence-electron chi connectivity index (χ1n) is 5.52. The Labute approximate surface area is 90.7 Å². The standard InChI is InChI=1S/C10H21N3O2/c1-2-8-7-13(5-6-15-8)4-3-9(11)10(12)14/h8-9H,2-7,11H2,1H3,(H2,12,14). The molecule has 1 aliphatic heterocycles. The number of primary amides is 1. The molecule has 0 spiro atoms. The normalized spacial score (nSPS) is 25.1. The van der Waals surface area contributed by atoms with Crippen LogP contribution in [0, 0.1) is 0 Å². The number of morpholine rings is 1. The topological polar surface area (TPSA) is 81.6 Å². The van der Waals surface area contributed by atoms with Crippen molar-refractivity contribution in [2.75, 3.05) is 26.2 Å². The number of hydrogen-bond donors (Lipinski definition) is 2. The highest BCUT2D eigenvalue weighted by atomic mass is 16.5. The molecular formula is C10H21N3O2. The van der Waals surface area contributed by atoms with Crippen molar-refractivity contribution in [2.45, 2.75) is 31.9 Å². The molecule has 0 aromatic carbocycles. The van der Waals surface area contributed by atoms with Gasteiger partial charge in [-0.05, 0) is 12.8 Å². The van der Waals surface area contributed by atoms with Gasteiger partial charge in [-0.15, -0.1) is 0 Å².